The molecule has 0 fully saturated rings. The SMILES string of the molecule is O=C(OCc1cccc(C(F)(F)F)c1)c1cc2ccccc2[nH]1. The maximum absolute atomic E-state index is 12.6. The first-order valence-corrected chi connectivity index (χ1v) is 6.84. The highest BCUT2D eigenvalue weighted by Crippen LogP contribution is 2.29. The van der Waals surface area contributed by atoms with Crippen molar-refractivity contribution in [2.45, 2.75) is 12.8 Å². The third-order valence-corrected chi connectivity index (χ3v) is 3.37. The Bertz CT molecular complexity index is 819. The lowest BCUT2D eigenvalue weighted by atomic mass is 10.1. The Balaban J connectivity index is 1.71. The highest BCUT2D eigenvalue weighted by molar-refractivity contribution is 5.94. The Morgan fingerprint density at radius 3 is 2.57 bits per heavy atom. The number of nitrogens with one attached hydrogen (secondary N) is 1. The number of alkyl halides is 3. The minimum Gasteiger partial charge on any atom is -0.456 e. The molecule has 1 N–H and O–H groups in total. The van der Waals surface area contributed by atoms with Crippen LogP contribution in [-0.4, -0.2) is 11.0 Å². The van der Waals surface area contributed by atoms with Crippen molar-refractivity contribution in [1.82, 2.24) is 4.98 Å². The van der Waals surface area contributed by atoms with Crippen molar-refractivity contribution in [1.29, 1.82) is 0 Å². The van der Waals surface area contributed by atoms with Crippen molar-refractivity contribution in [3.8, 4) is 0 Å². The van der Waals surface area contributed by atoms with Gasteiger partial charge in [0.15, 0.2) is 0 Å². The van der Waals surface area contributed by atoms with E-state index in [1.807, 2.05) is 24.3 Å². The molecule has 6 heteroatoms. The number of hydrogen-bond acceptors (Lipinski definition) is 2. The van der Waals surface area contributed by atoms with Crippen LogP contribution in [0.4, 0.5) is 13.2 Å². The molecule has 3 nitrogen and oxygen atoms in total. The van der Waals surface area contributed by atoms with Gasteiger partial charge in [-0.2, -0.15) is 13.2 Å². The molecular formula is C17H12F3NO2. The molecule has 0 saturated carbocycles. The molecule has 0 atom stereocenters. The molecular weight excluding hydrogens is 307 g/mol. The molecule has 0 aliphatic carbocycles. The first-order chi connectivity index (χ1) is 10.9. The highest BCUT2D eigenvalue weighted by atomic mass is 19.4. The van der Waals surface area contributed by atoms with Crippen LogP contribution in [0.25, 0.3) is 10.9 Å². The van der Waals surface area contributed by atoms with Gasteiger partial charge in [-0.15, -0.1) is 0 Å². The van der Waals surface area contributed by atoms with Gasteiger partial charge in [0.1, 0.15) is 12.3 Å². The van der Waals surface area contributed by atoms with E-state index < -0.39 is 17.7 Å². The maximum atomic E-state index is 12.6. The topological polar surface area (TPSA) is 42.1 Å². The number of para-hydroxylation sites is 1. The van der Waals surface area contributed by atoms with E-state index in [0.29, 0.717) is 0 Å². The minimum atomic E-state index is -4.42. The van der Waals surface area contributed by atoms with Crippen LogP contribution >= 0.6 is 0 Å². The quantitative estimate of drug-likeness (QED) is 0.720. The van der Waals surface area contributed by atoms with Crippen LogP contribution in [0.3, 0.4) is 0 Å². The number of aromatic nitrogens is 1. The van der Waals surface area contributed by atoms with Crippen LogP contribution in [0.1, 0.15) is 21.6 Å². The Labute approximate surface area is 129 Å². The molecule has 0 radical (unpaired) electrons. The fourth-order valence-electron chi connectivity index (χ4n) is 2.25. The average Bonchev–Trinajstić information content (AvgIpc) is 2.96. The summed E-state index contributed by atoms with van der Waals surface area (Å²) in [7, 11) is 0. The standard InChI is InChI=1S/C17H12F3NO2/c18-17(19,20)13-6-3-4-11(8-13)10-23-16(22)15-9-12-5-1-2-7-14(12)21-15/h1-9,21H,10H2. The normalized spacial score (nSPS) is 11.6. The van der Waals surface area contributed by atoms with E-state index >= 15 is 0 Å². The van der Waals surface area contributed by atoms with Gasteiger partial charge in [0, 0.05) is 10.9 Å². The zero-order chi connectivity index (χ0) is 16.4. The number of hydrogen-bond donors (Lipinski definition) is 1. The molecule has 118 valence electrons. The second-order valence-corrected chi connectivity index (χ2v) is 5.04. The fourth-order valence-corrected chi connectivity index (χ4v) is 2.25. The van der Waals surface area contributed by atoms with Crippen LogP contribution in [-0.2, 0) is 17.5 Å². The average molecular weight is 319 g/mol. The summed E-state index contributed by atoms with van der Waals surface area (Å²) in [5.41, 5.74) is 0.567. The second kappa shape index (κ2) is 5.79. The Morgan fingerprint density at radius 2 is 1.83 bits per heavy atom. The largest absolute Gasteiger partial charge is 0.456 e. The molecule has 3 rings (SSSR count). The molecule has 1 aromatic heterocycles. The molecule has 23 heavy (non-hydrogen) atoms. The van der Waals surface area contributed by atoms with Gasteiger partial charge in [-0.3, -0.25) is 0 Å². The molecule has 0 aliphatic rings. The number of rotatable bonds is 3. The van der Waals surface area contributed by atoms with Gasteiger partial charge >= 0.3 is 12.1 Å². The van der Waals surface area contributed by atoms with Crippen LogP contribution in [0.5, 0.6) is 0 Å². The molecule has 3 aromatic rings. The van der Waals surface area contributed by atoms with E-state index in [0.717, 1.165) is 23.0 Å². The van der Waals surface area contributed by atoms with Crippen LogP contribution in [0.2, 0.25) is 0 Å². The van der Waals surface area contributed by atoms with Gasteiger partial charge in [0.25, 0.3) is 0 Å². The number of carbonyl (C=O) groups is 1. The first-order valence-electron chi connectivity index (χ1n) is 6.84. The molecule has 2 aromatic carbocycles. The van der Waals surface area contributed by atoms with Crippen molar-refractivity contribution in [2.24, 2.45) is 0 Å². The van der Waals surface area contributed by atoms with Crippen molar-refractivity contribution in [3.05, 3.63) is 71.4 Å². The number of halogens is 3. The van der Waals surface area contributed by atoms with Gasteiger partial charge < -0.3 is 9.72 Å². The van der Waals surface area contributed by atoms with Gasteiger partial charge in [0.05, 0.1) is 5.56 Å². The van der Waals surface area contributed by atoms with E-state index in [4.69, 9.17) is 4.74 Å². The van der Waals surface area contributed by atoms with Gasteiger partial charge in [-0.05, 0) is 29.8 Å². The maximum Gasteiger partial charge on any atom is 0.416 e. The molecule has 0 aliphatic heterocycles. The van der Waals surface area contributed by atoms with E-state index in [2.05, 4.69) is 4.98 Å². The summed E-state index contributed by atoms with van der Waals surface area (Å²) in [5, 5.41) is 0.860. The van der Waals surface area contributed by atoms with E-state index in [-0.39, 0.29) is 17.9 Å². The Hall–Kier alpha value is -2.76. The number of carbonyl (C=O) groups excluding carboxylic acids is 1. The summed E-state index contributed by atoms with van der Waals surface area (Å²) in [4.78, 5) is 14.9. The third-order valence-electron chi connectivity index (χ3n) is 3.37. The van der Waals surface area contributed by atoms with E-state index in [9.17, 15) is 18.0 Å². The molecule has 0 bridgehead atoms. The molecule has 0 unspecified atom stereocenters. The Morgan fingerprint density at radius 1 is 1.04 bits per heavy atom. The number of aromatic amines is 1. The second-order valence-electron chi connectivity index (χ2n) is 5.04. The smallest absolute Gasteiger partial charge is 0.416 e. The van der Waals surface area contributed by atoms with Gasteiger partial charge in [-0.1, -0.05) is 30.3 Å². The summed E-state index contributed by atoms with van der Waals surface area (Å²) in [6, 6.07) is 13.7. The van der Waals surface area contributed by atoms with Crippen LogP contribution in [0.15, 0.2) is 54.6 Å². The van der Waals surface area contributed by atoms with E-state index in [1.165, 1.54) is 12.1 Å². The summed E-state index contributed by atoms with van der Waals surface area (Å²) in [5.74, 6) is -0.612. The lowest BCUT2D eigenvalue weighted by molar-refractivity contribution is -0.137. The van der Waals surface area contributed by atoms with Crippen LogP contribution < -0.4 is 0 Å². The number of fused-ring (bicyclic) bond motifs is 1. The number of esters is 1. The van der Waals surface area contributed by atoms with Gasteiger partial charge in [-0.25, -0.2) is 4.79 Å². The minimum absolute atomic E-state index is 0.224. The summed E-state index contributed by atoms with van der Waals surface area (Å²) in [6.07, 6.45) is -4.42. The number of H-pyrrole nitrogens is 1. The van der Waals surface area contributed by atoms with Crippen molar-refractivity contribution in [3.63, 3.8) is 0 Å². The number of benzene rings is 2. The predicted molar refractivity (Wildman–Crippen MR) is 78.9 cm³/mol. The zero-order valence-electron chi connectivity index (χ0n) is 11.9. The highest BCUT2D eigenvalue weighted by Gasteiger charge is 2.30. The fraction of sp³-hybridized carbons (Fsp3) is 0.118. The first kappa shape index (κ1) is 15.1. The lowest BCUT2D eigenvalue weighted by Gasteiger charge is -2.09. The molecule has 1 heterocycles. The monoisotopic (exact) mass is 319 g/mol. The van der Waals surface area contributed by atoms with Crippen molar-refractivity contribution in [2.75, 3.05) is 0 Å². The summed E-state index contributed by atoms with van der Waals surface area (Å²) < 4.78 is 43.0. The third kappa shape index (κ3) is 3.36. The lowest BCUT2D eigenvalue weighted by Crippen LogP contribution is -2.08. The van der Waals surface area contributed by atoms with Crippen LogP contribution in [0, 0.1) is 0 Å². The number of ether oxygens (including phenoxy) is 1. The van der Waals surface area contributed by atoms with Crippen molar-refractivity contribution >= 4 is 16.9 Å². The summed E-state index contributed by atoms with van der Waals surface area (Å²) >= 11 is 0. The Kier molecular flexibility index (Phi) is 3.82. The molecule has 0 spiro atoms. The van der Waals surface area contributed by atoms with Crippen molar-refractivity contribution < 1.29 is 22.7 Å². The zero-order valence-corrected chi connectivity index (χ0v) is 11.9. The van der Waals surface area contributed by atoms with E-state index in [1.54, 1.807) is 6.07 Å². The molecule has 0 amide bonds. The van der Waals surface area contributed by atoms with Gasteiger partial charge in [0.2, 0.25) is 0 Å². The predicted octanol–water partition coefficient (Wildman–Crippen LogP) is 4.54. The molecule has 0 saturated heterocycles. The summed E-state index contributed by atoms with van der Waals surface area (Å²) in [6.45, 7) is -0.224.